The number of rotatable bonds is 4. The number of fused-ring (bicyclic) bond motifs is 11. The van der Waals surface area contributed by atoms with Crippen molar-refractivity contribution in [3.05, 3.63) is 170 Å². The van der Waals surface area contributed by atoms with E-state index < -0.39 is 0 Å². The third kappa shape index (κ3) is 4.52. The summed E-state index contributed by atoms with van der Waals surface area (Å²) in [4.78, 5) is 15.1. The Hall–Kier alpha value is -7.57. The largest absolute Gasteiger partial charge is 0.456 e. The van der Waals surface area contributed by atoms with Crippen LogP contribution in [0, 0.1) is 0 Å². The van der Waals surface area contributed by atoms with Crippen molar-refractivity contribution in [1.82, 2.24) is 19.5 Å². The highest BCUT2D eigenvalue weighted by Gasteiger charge is 2.22. The number of nitrogens with zero attached hydrogens (tertiary/aromatic N) is 4. The van der Waals surface area contributed by atoms with Crippen molar-refractivity contribution in [3.63, 3.8) is 0 Å². The van der Waals surface area contributed by atoms with Crippen molar-refractivity contribution in [2.75, 3.05) is 0 Å². The van der Waals surface area contributed by atoms with Crippen LogP contribution in [0.15, 0.2) is 179 Å². The van der Waals surface area contributed by atoms with Gasteiger partial charge >= 0.3 is 0 Å². The second-order valence-electron chi connectivity index (χ2n) is 14.0. The number of aromatic nitrogens is 4. The molecule has 0 aliphatic carbocycles. The Bertz CT molecular complexity index is 3430. The molecule has 4 aromatic heterocycles. The van der Waals surface area contributed by atoms with Crippen LogP contribution in [-0.2, 0) is 0 Å². The highest BCUT2D eigenvalue weighted by Crippen LogP contribution is 2.43. The Morgan fingerprint density at radius 1 is 0.382 bits per heavy atom. The summed E-state index contributed by atoms with van der Waals surface area (Å²) in [6.07, 6.45) is 0. The molecule has 0 radical (unpaired) electrons. The van der Waals surface area contributed by atoms with E-state index in [2.05, 4.69) is 102 Å². The molecule has 0 N–H and O–H groups in total. The fourth-order valence-electron chi connectivity index (χ4n) is 8.31. The first-order valence-corrected chi connectivity index (χ1v) is 18.4. The smallest absolute Gasteiger partial charge is 0.167 e. The second-order valence-corrected chi connectivity index (χ2v) is 14.0. The van der Waals surface area contributed by atoms with Gasteiger partial charge in [0.2, 0.25) is 0 Å². The molecule has 12 rings (SSSR count). The summed E-state index contributed by atoms with van der Waals surface area (Å²) >= 11 is 0. The lowest BCUT2D eigenvalue weighted by atomic mass is 9.99. The highest BCUT2D eigenvalue weighted by molar-refractivity contribution is 6.23. The first-order valence-electron chi connectivity index (χ1n) is 18.4. The molecule has 0 saturated carbocycles. The Balaban J connectivity index is 1.14. The van der Waals surface area contributed by atoms with Gasteiger partial charge in [0.1, 0.15) is 22.3 Å². The van der Waals surface area contributed by atoms with E-state index in [4.69, 9.17) is 23.8 Å². The minimum absolute atomic E-state index is 0.557. The van der Waals surface area contributed by atoms with Crippen molar-refractivity contribution in [1.29, 1.82) is 0 Å². The summed E-state index contributed by atoms with van der Waals surface area (Å²) < 4.78 is 15.6. The van der Waals surface area contributed by atoms with Crippen LogP contribution in [-0.4, -0.2) is 19.5 Å². The van der Waals surface area contributed by atoms with Gasteiger partial charge in [-0.3, -0.25) is 0 Å². The molecule has 8 aromatic carbocycles. The Kier molecular flexibility index (Phi) is 6.24. The van der Waals surface area contributed by atoms with Crippen LogP contribution < -0.4 is 0 Å². The molecular formula is C49H28N4O2. The molecule has 256 valence electrons. The summed E-state index contributed by atoms with van der Waals surface area (Å²) in [5, 5.41) is 8.74. The van der Waals surface area contributed by atoms with Gasteiger partial charge in [0.05, 0.1) is 16.6 Å². The van der Waals surface area contributed by atoms with Crippen LogP contribution in [0.2, 0.25) is 0 Å². The third-order valence-corrected chi connectivity index (χ3v) is 10.8. The molecule has 6 nitrogen and oxygen atoms in total. The van der Waals surface area contributed by atoms with Gasteiger partial charge in [-0.05, 0) is 59.3 Å². The molecule has 4 heterocycles. The molecule has 0 aliphatic rings. The summed E-state index contributed by atoms with van der Waals surface area (Å²) in [7, 11) is 0. The van der Waals surface area contributed by atoms with Crippen molar-refractivity contribution >= 4 is 76.5 Å². The average Bonchev–Trinajstić information content (AvgIpc) is 3.92. The van der Waals surface area contributed by atoms with Crippen molar-refractivity contribution in [2.24, 2.45) is 0 Å². The number of hydrogen-bond donors (Lipinski definition) is 0. The van der Waals surface area contributed by atoms with Crippen molar-refractivity contribution in [3.8, 4) is 39.9 Å². The first-order chi connectivity index (χ1) is 27.2. The molecular weight excluding hydrogens is 677 g/mol. The highest BCUT2D eigenvalue weighted by atomic mass is 16.3. The van der Waals surface area contributed by atoms with Gasteiger partial charge in [-0.15, -0.1) is 0 Å². The molecule has 0 amide bonds. The average molecular weight is 705 g/mol. The standard InChI is InChI=1S/C49H28N4O2/c1-3-13-29(14-4-1)47-50-48(30-15-5-2-6-16-30)52-49(51-47)39-25-31-17-7-8-18-33(31)45-38-26-32(23-24-43(38)55-46(39)45)53-40-21-11-9-19-34(40)36-28-44-37(27-41(36)53)35-20-10-12-22-42(35)54-44/h1-28H. The second kappa shape index (κ2) is 11.5. The summed E-state index contributed by atoms with van der Waals surface area (Å²) in [5.41, 5.74) is 9.24. The Labute approximate surface area is 313 Å². The van der Waals surface area contributed by atoms with Gasteiger partial charge in [-0.1, -0.05) is 121 Å². The van der Waals surface area contributed by atoms with Crippen LogP contribution in [0.25, 0.3) is 116 Å². The van der Waals surface area contributed by atoms with Crippen LogP contribution in [0.1, 0.15) is 0 Å². The zero-order chi connectivity index (χ0) is 36.0. The fraction of sp³-hybridized carbons (Fsp3) is 0. The van der Waals surface area contributed by atoms with Gasteiger partial charge in [0, 0.05) is 49.1 Å². The summed E-state index contributed by atoms with van der Waals surface area (Å²) in [6, 6.07) is 58.5. The lowest BCUT2D eigenvalue weighted by Crippen LogP contribution is -2.00. The summed E-state index contributed by atoms with van der Waals surface area (Å²) in [5.74, 6) is 1.77. The molecule has 0 fully saturated rings. The molecule has 0 unspecified atom stereocenters. The summed E-state index contributed by atoms with van der Waals surface area (Å²) in [6.45, 7) is 0. The van der Waals surface area contributed by atoms with E-state index in [1.165, 1.54) is 5.39 Å². The first kappa shape index (κ1) is 29.9. The maximum absolute atomic E-state index is 6.86. The molecule has 6 heteroatoms. The maximum Gasteiger partial charge on any atom is 0.167 e. The quantitative estimate of drug-likeness (QED) is 0.182. The van der Waals surface area contributed by atoms with E-state index >= 15 is 0 Å². The zero-order valence-corrected chi connectivity index (χ0v) is 29.3. The van der Waals surface area contributed by atoms with Crippen LogP contribution in [0.5, 0.6) is 0 Å². The number of benzene rings is 8. The minimum atomic E-state index is 0.557. The zero-order valence-electron chi connectivity index (χ0n) is 29.3. The van der Waals surface area contributed by atoms with Gasteiger partial charge in [-0.25, -0.2) is 15.0 Å². The van der Waals surface area contributed by atoms with E-state index in [-0.39, 0.29) is 0 Å². The van der Waals surface area contributed by atoms with Gasteiger partial charge in [0.25, 0.3) is 0 Å². The van der Waals surface area contributed by atoms with E-state index in [1.807, 2.05) is 72.8 Å². The molecule has 12 aromatic rings. The Morgan fingerprint density at radius 2 is 1.02 bits per heavy atom. The lowest BCUT2D eigenvalue weighted by Gasteiger charge is -2.10. The molecule has 0 spiro atoms. The van der Waals surface area contributed by atoms with E-state index in [9.17, 15) is 0 Å². The van der Waals surface area contributed by atoms with Gasteiger partial charge < -0.3 is 13.4 Å². The predicted octanol–water partition coefficient (Wildman–Crippen LogP) is 12.9. The SMILES string of the molecule is c1ccc(-c2nc(-c3ccccc3)nc(-c3cc4ccccc4c4c3oc3ccc(-n5c6ccccc6c6cc7oc8ccccc8c7cc65)cc34)n2)cc1. The Morgan fingerprint density at radius 3 is 1.80 bits per heavy atom. The number of hydrogen-bond acceptors (Lipinski definition) is 5. The number of furan rings is 2. The van der Waals surface area contributed by atoms with E-state index in [1.54, 1.807) is 0 Å². The maximum atomic E-state index is 6.86. The van der Waals surface area contributed by atoms with E-state index in [0.29, 0.717) is 17.5 Å². The number of para-hydroxylation sites is 2. The minimum Gasteiger partial charge on any atom is -0.456 e. The molecule has 0 atom stereocenters. The molecule has 0 saturated heterocycles. The lowest BCUT2D eigenvalue weighted by molar-refractivity contribution is 0.669. The fourth-order valence-corrected chi connectivity index (χ4v) is 8.31. The van der Waals surface area contributed by atoms with Gasteiger partial charge in [0.15, 0.2) is 17.5 Å². The van der Waals surface area contributed by atoms with Crippen LogP contribution in [0.4, 0.5) is 0 Å². The molecule has 55 heavy (non-hydrogen) atoms. The van der Waals surface area contributed by atoms with Gasteiger partial charge in [-0.2, -0.15) is 0 Å². The normalized spacial score (nSPS) is 12.0. The van der Waals surface area contributed by atoms with E-state index in [0.717, 1.165) is 93.4 Å². The van der Waals surface area contributed by atoms with Crippen molar-refractivity contribution < 1.29 is 8.83 Å². The third-order valence-electron chi connectivity index (χ3n) is 10.8. The van der Waals surface area contributed by atoms with Crippen LogP contribution in [0.3, 0.4) is 0 Å². The topological polar surface area (TPSA) is 69.9 Å². The predicted molar refractivity (Wildman–Crippen MR) is 223 cm³/mol. The molecule has 0 aliphatic heterocycles. The van der Waals surface area contributed by atoms with Crippen LogP contribution >= 0.6 is 0 Å². The van der Waals surface area contributed by atoms with Crippen molar-refractivity contribution in [2.45, 2.75) is 0 Å². The molecule has 0 bridgehead atoms. The monoisotopic (exact) mass is 704 g/mol.